The molecular formula is C18H27N5O2. The summed E-state index contributed by atoms with van der Waals surface area (Å²) in [4.78, 5) is 19.3. The van der Waals surface area contributed by atoms with Gasteiger partial charge in [0.1, 0.15) is 17.4 Å². The Labute approximate surface area is 148 Å². The Kier molecular flexibility index (Phi) is 4.92. The van der Waals surface area contributed by atoms with E-state index in [1.165, 1.54) is 0 Å². The Morgan fingerprint density at radius 3 is 2.68 bits per heavy atom. The molecule has 0 N–H and O–H groups in total. The second-order valence-corrected chi connectivity index (χ2v) is 7.14. The first-order valence-corrected chi connectivity index (χ1v) is 8.97. The Morgan fingerprint density at radius 2 is 2.08 bits per heavy atom. The lowest BCUT2D eigenvalue weighted by Gasteiger charge is -2.34. The van der Waals surface area contributed by atoms with Gasteiger partial charge in [0.2, 0.25) is 5.91 Å². The fourth-order valence-electron chi connectivity index (χ4n) is 3.73. The van der Waals surface area contributed by atoms with E-state index in [9.17, 15) is 4.79 Å². The number of nitrogens with zero attached hydrogens (tertiary/aromatic N) is 5. The van der Waals surface area contributed by atoms with Gasteiger partial charge in [0.15, 0.2) is 0 Å². The van der Waals surface area contributed by atoms with Crippen molar-refractivity contribution in [1.29, 1.82) is 0 Å². The van der Waals surface area contributed by atoms with Crippen molar-refractivity contribution in [2.75, 3.05) is 13.1 Å². The molecule has 0 aliphatic carbocycles. The molecule has 136 valence electrons. The molecule has 0 radical (unpaired) electrons. The zero-order valence-electron chi connectivity index (χ0n) is 15.7. The molecule has 1 amide bonds. The van der Waals surface area contributed by atoms with E-state index in [-0.39, 0.29) is 17.9 Å². The number of hydrogen-bond acceptors (Lipinski definition) is 5. The van der Waals surface area contributed by atoms with Crippen molar-refractivity contribution >= 4 is 5.91 Å². The number of hydrogen-bond donors (Lipinski definition) is 0. The Morgan fingerprint density at radius 1 is 1.32 bits per heavy atom. The summed E-state index contributed by atoms with van der Waals surface area (Å²) in [5, 5.41) is 8.49. The van der Waals surface area contributed by atoms with E-state index in [4.69, 9.17) is 4.52 Å². The van der Waals surface area contributed by atoms with E-state index >= 15 is 0 Å². The lowest BCUT2D eigenvalue weighted by molar-refractivity contribution is -0.136. The molecule has 2 aromatic rings. The highest BCUT2D eigenvalue weighted by Crippen LogP contribution is 2.25. The van der Waals surface area contributed by atoms with Crippen molar-refractivity contribution in [3.8, 4) is 0 Å². The molecule has 3 rings (SSSR count). The highest BCUT2D eigenvalue weighted by Gasteiger charge is 2.29. The first-order chi connectivity index (χ1) is 11.9. The van der Waals surface area contributed by atoms with Crippen molar-refractivity contribution in [1.82, 2.24) is 24.8 Å². The monoisotopic (exact) mass is 345 g/mol. The van der Waals surface area contributed by atoms with Crippen LogP contribution in [-0.2, 0) is 11.2 Å². The normalized spacial score (nSPS) is 19.2. The maximum absolute atomic E-state index is 12.9. The number of aromatic nitrogens is 4. The lowest BCUT2D eigenvalue weighted by Crippen LogP contribution is -2.43. The smallest absolute Gasteiger partial charge is 0.225 e. The molecule has 0 saturated carbocycles. The van der Waals surface area contributed by atoms with E-state index in [0.29, 0.717) is 13.0 Å². The molecule has 0 unspecified atom stereocenters. The number of carbonyl (C=O) groups excluding carboxylic acids is 1. The molecule has 7 nitrogen and oxygen atoms in total. The van der Waals surface area contributed by atoms with E-state index in [1.54, 1.807) is 0 Å². The number of aryl methyl sites for hydroxylation is 4. The highest BCUT2D eigenvalue weighted by atomic mass is 16.5. The van der Waals surface area contributed by atoms with Gasteiger partial charge >= 0.3 is 0 Å². The standard InChI is InChI=1S/C18H27N5O2/c1-11(9-17-12(2)21-25-13(17)3)18(24)22-8-6-7-16(10-22)23-15(5)19-14(4)20-23/h11,16H,6-10H2,1-5H3/t11-,16-/m0/s1. The quantitative estimate of drug-likeness (QED) is 0.851. The summed E-state index contributed by atoms with van der Waals surface area (Å²) < 4.78 is 7.20. The van der Waals surface area contributed by atoms with Crippen LogP contribution in [0, 0.1) is 33.6 Å². The summed E-state index contributed by atoms with van der Waals surface area (Å²) in [5.74, 6) is 2.61. The second-order valence-electron chi connectivity index (χ2n) is 7.14. The second kappa shape index (κ2) is 6.98. The van der Waals surface area contributed by atoms with Crippen LogP contribution in [0.2, 0.25) is 0 Å². The van der Waals surface area contributed by atoms with E-state index in [2.05, 4.69) is 15.2 Å². The number of carbonyl (C=O) groups is 1. The maximum atomic E-state index is 12.9. The van der Waals surface area contributed by atoms with Crippen LogP contribution >= 0.6 is 0 Å². The number of rotatable bonds is 4. The topological polar surface area (TPSA) is 77.0 Å². The summed E-state index contributed by atoms with van der Waals surface area (Å²) in [6.07, 6.45) is 2.70. The first kappa shape index (κ1) is 17.6. The van der Waals surface area contributed by atoms with Gasteiger partial charge in [-0.15, -0.1) is 0 Å². The van der Waals surface area contributed by atoms with Crippen LogP contribution < -0.4 is 0 Å². The SMILES string of the molecule is Cc1nc(C)n([C@H]2CCCN(C(=O)[C@@H](C)Cc3c(C)noc3C)C2)n1. The number of likely N-dealkylation sites (tertiary alicyclic amines) is 1. The van der Waals surface area contributed by atoms with Crippen LogP contribution in [0.15, 0.2) is 4.52 Å². The summed E-state index contributed by atoms with van der Waals surface area (Å²) in [7, 11) is 0. The van der Waals surface area contributed by atoms with Gasteiger partial charge in [0.05, 0.1) is 11.7 Å². The van der Waals surface area contributed by atoms with Gasteiger partial charge in [-0.25, -0.2) is 9.67 Å². The van der Waals surface area contributed by atoms with Gasteiger partial charge in [-0.1, -0.05) is 12.1 Å². The van der Waals surface area contributed by atoms with Crippen LogP contribution in [0.1, 0.15) is 54.5 Å². The average molecular weight is 345 g/mol. The van der Waals surface area contributed by atoms with Crippen molar-refractivity contribution < 1.29 is 9.32 Å². The largest absolute Gasteiger partial charge is 0.361 e. The lowest BCUT2D eigenvalue weighted by atomic mass is 9.97. The van der Waals surface area contributed by atoms with Crippen molar-refractivity contribution in [2.24, 2.45) is 5.92 Å². The molecule has 1 saturated heterocycles. The van der Waals surface area contributed by atoms with Gasteiger partial charge < -0.3 is 9.42 Å². The fourth-order valence-corrected chi connectivity index (χ4v) is 3.73. The Balaban J connectivity index is 1.68. The molecular weight excluding hydrogens is 318 g/mol. The highest BCUT2D eigenvalue weighted by molar-refractivity contribution is 5.79. The predicted molar refractivity (Wildman–Crippen MR) is 93.2 cm³/mol. The van der Waals surface area contributed by atoms with Crippen molar-refractivity contribution in [3.63, 3.8) is 0 Å². The van der Waals surface area contributed by atoms with E-state index < -0.39 is 0 Å². The van der Waals surface area contributed by atoms with Gasteiger partial charge in [-0.05, 0) is 47.0 Å². The third-order valence-electron chi connectivity index (χ3n) is 5.07. The molecule has 0 bridgehead atoms. The number of piperidine rings is 1. The van der Waals surface area contributed by atoms with Crippen LogP contribution in [0.4, 0.5) is 0 Å². The minimum Gasteiger partial charge on any atom is -0.361 e. The van der Waals surface area contributed by atoms with Gasteiger partial charge in [-0.3, -0.25) is 4.79 Å². The summed E-state index contributed by atoms with van der Waals surface area (Å²) >= 11 is 0. The zero-order chi connectivity index (χ0) is 18.1. The number of amides is 1. The van der Waals surface area contributed by atoms with Crippen LogP contribution in [0.3, 0.4) is 0 Å². The molecule has 3 heterocycles. The molecule has 2 aromatic heterocycles. The third-order valence-corrected chi connectivity index (χ3v) is 5.07. The molecule has 2 atom stereocenters. The molecule has 0 aromatic carbocycles. The molecule has 7 heteroatoms. The molecule has 0 spiro atoms. The van der Waals surface area contributed by atoms with Gasteiger partial charge in [0, 0.05) is 24.6 Å². The summed E-state index contributed by atoms with van der Waals surface area (Å²) in [6, 6.07) is 0.213. The van der Waals surface area contributed by atoms with Gasteiger partial charge in [0.25, 0.3) is 0 Å². The van der Waals surface area contributed by atoms with Crippen molar-refractivity contribution in [2.45, 2.75) is 59.9 Å². The van der Waals surface area contributed by atoms with E-state index in [0.717, 1.165) is 48.1 Å². The predicted octanol–water partition coefficient (Wildman–Crippen LogP) is 2.54. The summed E-state index contributed by atoms with van der Waals surface area (Å²) in [6.45, 7) is 11.2. The Hall–Kier alpha value is -2.18. The Bertz CT molecular complexity index is 744. The van der Waals surface area contributed by atoms with E-state index in [1.807, 2.05) is 44.2 Å². The molecule has 25 heavy (non-hydrogen) atoms. The van der Waals surface area contributed by atoms with Crippen LogP contribution in [-0.4, -0.2) is 43.8 Å². The maximum Gasteiger partial charge on any atom is 0.225 e. The molecule has 1 aliphatic rings. The van der Waals surface area contributed by atoms with Crippen LogP contribution in [0.5, 0.6) is 0 Å². The summed E-state index contributed by atoms with van der Waals surface area (Å²) in [5.41, 5.74) is 1.93. The minimum atomic E-state index is -0.0888. The van der Waals surface area contributed by atoms with Crippen molar-refractivity contribution in [3.05, 3.63) is 28.7 Å². The molecule has 1 aliphatic heterocycles. The van der Waals surface area contributed by atoms with Crippen LogP contribution in [0.25, 0.3) is 0 Å². The fraction of sp³-hybridized carbons (Fsp3) is 0.667. The van der Waals surface area contributed by atoms with Gasteiger partial charge in [-0.2, -0.15) is 5.10 Å². The molecule has 1 fully saturated rings. The minimum absolute atomic E-state index is 0.0888. The third kappa shape index (κ3) is 3.60. The zero-order valence-corrected chi connectivity index (χ0v) is 15.7. The first-order valence-electron chi connectivity index (χ1n) is 8.97. The average Bonchev–Trinajstić information content (AvgIpc) is 3.09.